The molecule has 0 aliphatic heterocycles. The lowest BCUT2D eigenvalue weighted by molar-refractivity contribution is -0.117. The number of hydrogen-bond acceptors (Lipinski definition) is 2. The van der Waals surface area contributed by atoms with Crippen LogP contribution in [0.1, 0.15) is 38.2 Å². The van der Waals surface area contributed by atoms with Gasteiger partial charge in [0.2, 0.25) is 5.91 Å². The van der Waals surface area contributed by atoms with Gasteiger partial charge in [-0.05, 0) is 42.5 Å². The van der Waals surface area contributed by atoms with Gasteiger partial charge in [-0.2, -0.15) is 0 Å². The Bertz CT molecular complexity index is 464. The van der Waals surface area contributed by atoms with Crippen molar-refractivity contribution < 1.29 is 9.53 Å². The molecule has 3 nitrogen and oxygen atoms in total. The van der Waals surface area contributed by atoms with Gasteiger partial charge in [0.15, 0.2) is 0 Å². The van der Waals surface area contributed by atoms with E-state index >= 15 is 0 Å². The topological polar surface area (TPSA) is 38.3 Å². The molecule has 3 heteroatoms. The van der Waals surface area contributed by atoms with Crippen LogP contribution in [0.2, 0.25) is 0 Å². The van der Waals surface area contributed by atoms with Crippen LogP contribution >= 0.6 is 0 Å². The van der Waals surface area contributed by atoms with Crippen LogP contribution in [0.3, 0.4) is 0 Å². The highest BCUT2D eigenvalue weighted by Gasteiger charge is 2.21. The van der Waals surface area contributed by atoms with E-state index in [-0.39, 0.29) is 5.91 Å². The third-order valence-electron chi connectivity index (χ3n) is 3.98. The van der Waals surface area contributed by atoms with Crippen LogP contribution in [0.4, 0.5) is 0 Å². The fourth-order valence-electron chi connectivity index (χ4n) is 2.65. The maximum absolute atomic E-state index is 11.9. The number of carbonyl (C=O) groups excluding carboxylic acids is 1. The monoisotopic (exact) mass is 273 g/mol. The Balaban J connectivity index is 1.87. The minimum Gasteiger partial charge on any atom is -0.497 e. The second kappa shape index (κ2) is 7.13. The highest BCUT2D eigenvalue weighted by Crippen LogP contribution is 2.23. The Morgan fingerprint density at radius 2 is 1.95 bits per heavy atom. The lowest BCUT2D eigenvalue weighted by atomic mass is 9.86. The smallest absolute Gasteiger partial charge is 0.244 e. The molecular formula is C17H23NO2. The van der Waals surface area contributed by atoms with Gasteiger partial charge in [-0.25, -0.2) is 0 Å². The molecule has 1 N–H and O–H groups in total. The molecule has 1 saturated carbocycles. The highest BCUT2D eigenvalue weighted by molar-refractivity contribution is 5.91. The number of carbonyl (C=O) groups is 1. The Morgan fingerprint density at radius 1 is 1.25 bits per heavy atom. The molecule has 2 rings (SSSR count). The summed E-state index contributed by atoms with van der Waals surface area (Å²) in [7, 11) is 1.64. The predicted octanol–water partition coefficient (Wildman–Crippen LogP) is 3.40. The Morgan fingerprint density at radius 3 is 2.60 bits per heavy atom. The first-order valence-electron chi connectivity index (χ1n) is 7.31. The summed E-state index contributed by atoms with van der Waals surface area (Å²) in [6.45, 7) is 2.22. The summed E-state index contributed by atoms with van der Waals surface area (Å²) in [5.74, 6) is 1.41. The van der Waals surface area contributed by atoms with Crippen molar-refractivity contribution in [1.82, 2.24) is 5.32 Å². The molecule has 0 saturated heterocycles. The van der Waals surface area contributed by atoms with Crippen LogP contribution in [0.25, 0.3) is 6.08 Å². The first-order chi connectivity index (χ1) is 9.69. The van der Waals surface area contributed by atoms with Gasteiger partial charge in [-0.3, -0.25) is 4.79 Å². The van der Waals surface area contributed by atoms with E-state index in [0.717, 1.165) is 17.7 Å². The number of methoxy groups -OCH3 is 1. The molecule has 1 fully saturated rings. The van der Waals surface area contributed by atoms with E-state index < -0.39 is 0 Å². The fourth-order valence-corrected chi connectivity index (χ4v) is 2.65. The Labute approximate surface area is 121 Å². The van der Waals surface area contributed by atoms with Crippen LogP contribution < -0.4 is 10.1 Å². The minimum atomic E-state index is -0.000400. The quantitative estimate of drug-likeness (QED) is 0.854. The number of nitrogens with one attached hydrogen (secondary N) is 1. The number of ether oxygens (including phenoxy) is 1. The molecule has 1 aliphatic rings. The average Bonchev–Trinajstić information content (AvgIpc) is 2.48. The zero-order valence-corrected chi connectivity index (χ0v) is 12.3. The first-order valence-corrected chi connectivity index (χ1v) is 7.31. The molecule has 0 radical (unpaired) electrons. The molecule has 20 heavy (non-hydrogen) atoms. The minimum absolute atomic E-state index is 0.000400. The lowest BCUT2D eigenvalue weighted by Crippen LogP contribution is -2.40. The van der Waals surface area contributed by atoms with Gasteiger partial charge in [0.1, 0.15) is 5.75 Å². The van der Waals surface area contributed by atoms with E-state index in [4.69, 9.17) is 4.74 Å². The number of amides is 1. The third kappa shape index (κ3) is 4.12. The normalized spacial score (nSPS) is 22.7. The molecule has 1 aliphatic carbocycles. The summed E-state index contributed by atoms with van der Waals surface area (Å²) in [6, 6.07) is 7.98. The standard InChI is InChI=1S/C17H23NO2/c1-13-5-3-4-6-16(13)18-17(19)12-9-14-7-10-15(20-2)11-8-14/h7-13,16H,3-6H2,1-2H3,(H,18,19). The van der Waals surface area contributed by atoms with Crippen molar-refractivity contribution in [2.75, 3.05) is 7.11 Å². The molecule has 2 unspecified atom stereocenters. The molecule has 0 spiro atoms. The highest BCUT2D eigenvalue weighted by atomic mass is 16.5. The SMILES string of the molecule is COc1ccc(C=CC(=O)NC2CCCCC2C)cc1. The second-order valence-electron chi connectivity index (χ2n) is 5.48. The maximum Gasteiger partial charge on any atom is 0.244 e. The van der Waals surface area contributed by atoms with Gasteiger partial charge in [0.25, 0.3) is 0 Å². The van der Waals surface area contributed by atoms with Crippen molar-refractivity contribution in [3.05, 3.63) is 35.9 Å². The van der Waals surface area contributed by atoms with E-state index in [9.17, 15) is 4.79 Å². The molecular weight excluding hydrogens is 250 g/mol. The van der Waals surface area contributed by atoms with Crippen molar-refractivity contribution in [3.8, 4) is 5.75 Å². The summed E-state index contributed by atoms with van der Waals surface area (Å²) >= 11 is 0. The second-order valence-corrected chi connectivity index (χ2v) is 5.48. The fraction of sp³-hybridized carbons (Fsp3) is 0.471. The van der Waals surface area contributed by atoms with Crippen LogP contribution in [0, 0.1) is 5.92 Å². The largest absolute Gasteiger partial charge is 0.497 e. The molecule has 0 bridgehead atoms. The van der Waals surface area contributed by atoms with E-state index in [0.29, 0.717) is 12.0 Å². The van der Waals surface area contributed by atoms with Gasteiger partial charge in [0, 0.05) is 12.1 Å². The van der Waals surface area contributed by atoms with E-state index in [1.54, 1.807) is 13.2 Å². The first kappa shape index (κ1) is 14.6. The van der Waals surface area contributed by atoms with Crippen molar-refractivity contribution in [2.45, 2.75) is 38.6 Å². The van der Waals surface area contributed by atoms with Gasteiger partial charge in [0.05, 0.1) is 7.11 Å². The summed E-state index contributed by atoms with van der Waals surface area (Å²) in [5, 5.41) is 3.11. The van der Waals surface area contributed by atoms with Gasteiger partial charge in [-0.15, -0.1) is 0 Å². The third-order valence-corrected chi connectivity index (χ3v) is 3.98. The lowest BCUT2D eigenvalue weighted by Gasteiger charge is -2.29. The van der Waals surface area contributed by atoms with Gasteiger partial charge in [-0.1, -0.05) is 31.9 Å². The molecule has 108 valence electrons. The average molecular weight is 273 g/mol. The summed E-state index contributed by atoms with van der Waals surface area (Å²) in [5.41, 5.74) is 0.998. The van der Waals surface area contributed by atoms with E-state index in [2.05, 4.69) is 12.2 Å². The molecule has 0 heterocycles. The van der Waals surface area contributed by atoms with Crippen molar-refractivity contribution >= 4 is 12.0 Å². The van der Waals surface area contributed by atoms with Crippen molar-refractivity contribution in [3.63, 3.8) is 0 Å². The zero-order chi connectivity index (χ0) is 14.4. The summed E-state index contributed by atoms with van der Waals surface area (Å²) in [4.78, 5) is 11.9. The van der Waals surface area contributed by atoms with Crippen LogP contribution in [-0.4, -0.2) is 19.1 Å². The van der Waals surface area contributed by atoms with Crippen molar-refractivity contribution in [1.29, 1.82) is 0 Å². The maximum atomic E-state index is 11.9. The van der Waals surface area contributed by atoms with Crippen LogP contribution in [0.15, 0.2) is 30.3 Å². The zero-order valence-electron chi connectivity index (χ0n) is 12.3. The molecule has 0 aromatic heterocycles. The molecule has 1 aromatic carbocycles. The van der Waals surface area contributed by atoms with Crippen molar-refractivity contribution in [2.24, 2.45) is 5.92 Å². The van der Waals surface area contributed by atoms with Gasteiger partial charge < -0.3 is 10.1 Å². The van der Waals surface area contributed by atoms with E-state index in [1.807, 2.05) is 30.3 Å². The Kier molecular flexibility index (Phi) is 5.22. The molecule has 1 amide bonds. The predicted molar refractivity (Wildman–Crippen MR) is 81.6 cm³/mol. The van der Waals surface area contributed by atoms with Gasteiger partial charge >= 0.3 is 0 Å². The number of hydrogen-bond donors (Lipinski definition) is 1. The van der Waals surface area contributed by atoms with E-state index in [1.165, 1.54) is 19.3 Å². The number of rotatable bonds is 4. The molecule has 1 aromatic rings. The Hall–Kier alpha value is -1.77. The number of benzene rings is 1. The van der Waals surface area contributed by atoms with Crippen LogP contribution in [0.5, 0.6) is 5.75 Å². The summed E-state index contributed by atoms with van der Waals surface area (Å²) in [6.07, 6.45) is 8.27. The molecule has 2 atom stereocenters. The summed E-state index contributed by atoms with van der Waals surface area (Å²) < 4.78 is 5.10. The van der Waals surface area contributed by atoms with Crippen LogP contribution in [-0.2, 0) is 4.79 Å².